The van der Waals surface area contributed by atoms with Gasteiger partial charge >= 0.3 is 0 Å². The van der Waals surface area contributed by atoms with Gasteiger partial charge < -0.3 is 5.32 Å². The molecule has 1 amide bonds. The number of hydrogen-bond acceptors (Lipinski definition) is 1. The van der Waals surface area contributed by atoms with Gasteiger partial charge in [0.2, 0.25) is 0 Å². The Balaban J connectivity index is 2.28. The lowest BCUT2D eigenvalue weighted by molar-refractivity contribution is 0.102. The molecular weight excluding hydrogens is 321 g/mol. The monoisotopic (exact) mass is 335 g/mol. The molecule has 1 N–H and O–H groups in total. The Morgan fingerprint density at radius 3 is 2.65 bits per heavy atom. The molecule has 0 radical (unpaired) electrons. The third-order valence-corrected chi connectivity index (χ3v) is 3.56. The second-order valence-corrected chi connectivity index (χ2v) is 5.51. The first kappa shape index (κ1) is 14.7. The van der Waals surface area contributed by atoms with Crippen molar-refractivity contribution in [1.82, 2.24) is 0 Å². The first-order valence-corrected chi connectivity index (χ1v) is 7.16. The molecule has 2 aromatic rings. The van der Waals surface area contributed by atoms with Gasteiger partial charge in [-0.3, -0.25) is 4.79 Å². The number of carbonyl (C=O) groups is 1. The summed E-state index contributed by atoms with van der Waals surface area (Å²) >= 11 is 3.40. The van der Waals surface area contributed by atoms with Crippen LogP contribution < -0.4 is 5.32 Å². The van der Waals surface area contributed by atoms with Crippen LogP contribution in [0.15, 0.2) is 40.9 Å². The van der Waals surface area contributed by atoms with Crippen LogP contribution >= 0.6 is 15.9 Å². The van der Waals surface area contributed by atoms with Gasteiger partial charge in [0.1, 0.15) is 5.82 Å². The van der Waals surface area contributed by atoms with Gasteiger partial charge in [-0.25, -0.2) is 4.39 Å². The Hall–Kier alpha value is -1.68. The fraction of sp³-hybridized carbons (Fsp3) is 0.188. The van der Waals surface area contributed by atoms with Gasteiger partial charge in [0.25, 0.3) is 5.91 Å². The molecule has 0 saturated carbocycles. The minimum absolute atomic E-state index is 0.0561. The number of benzene rings is 2. The van der Waals surface area contributed by atoms with Gasteiger partial charge in [-0.15, -0.1) is 0 Å². The molecule has 2 nitrogen and oxygen atoms in total. The molecule has 0 unspecified atom stereocenters. The molecule has 2 aromatic carbocycles. The normalized spacial score (nSPS) is 10.4. The van der Waals surface area contributed by atoms with Crippen LogP contribution in [0.3, 0.4) is 0 Å². The summed E-state index contributed by atoms with van der Waals surface area (Å²) in [5.74, 6) is -0.933. The van der Waals surface area contributed by atoms with Crippen LogP contribution in [0.1, 0.15) is 28.4 Å². The standard InChI is InChI=1S/C16H15BrFNO/c1-3-11-9-12(17)5-7-15(11)19-16(20)13-6-4-10(2)8-14(13)18/h4-9H,3H2,1-2H3,(H,19,20). The minimum atomic E-state index is -0.502. The fourth-order valence-corrected chi connectivity index (χ4v) is 2.38. The van der Waals surface area contributed by atoms with Crippen LogP contribution in [0.4, 0.5) is 10.1 Å². The molecule has 0 saturated heterocycles. The Bertz CT molecular complexity index is 655. The predicted octanol–water partition coefficient (Wildman–Crippen LogP) is 4.71. The molecule has 0 atom stereocenters. The summed E-state index contributed by atoms with van der Waals surface area (Å²) in [5.41, 5.74) is 2.55. The Kier molecular flexibility index (Phi) is 4.55. The summed E-state index contributed by atoms with van der Waals surface area (Å²) in [7, 11) is 0. The maximum absolute atomic E-state index is 13.8. The third kappa shape index (κ3) is 3.25. The number of rotatable bonds is 3. The van der Waals surface area contributed by atoms with Crippen LogP contribution in [-0.2, 0) is 6.42 Å². The van der Waals surface area contributed by atoms with Gasteiger partial charge in [0, 0.05) is 10.2 Å². The number of halogens is 2. The van der Waals surface area contributed by atoms with E-state index in [1.54, 1.807) is 13.0 Å². The average Bonchev–Trinajstić information content (AvgIpc) is 2.40. The van der Waals surface area contributed by atoms with E-state index in [4.69, 9.17) is 0 Å². The van der Waals surface area contributed by atoms with Crippen LogP contribution in [-0.4, -0.2) is 5.91 Å². The summed E-state index contributed by atoms with van der Waals surface area (Å²) in [6, 6.07) is 10.2. The van der Waals surface area contributed by atoms with Crippen molar-refractivity contribution in [2.75, 3.05) is 5.32 Å². The molecule has 104 valence electrons. The molecule has 2 rings (SSSR count). The van der Waals surface area contributed by atoms with E-state index in [-0.39, 0.29) is 5.56 Å². The molecule has 20 heavy (non-hydrogen) atoms. The van der Waals surface area contributed by atoms with E-state index in [9.17, 15) is 9.18 Å². The second kappa shape index (κ2) is 6.18. The topological polar surface area (TPSA) is 29.1 Å². The fourth-order valence-electron chi connectivity index (χ4n) is 1.97. The number of carbonyl (C=O) groups excluding carboxylic acids is 1. The van der Waals surface area contributed by atoms with Crippen LogP contribution in [0.2, 0.25) is 0 Å². The molecule has 0 aliphatic rings. The predicted molar refractivity (Wildman–Crippen MR) is 82.6 cm³/mol. The first-order valence-electron chi connectivity index (χ1n) is 6.37. The van der Waals surface area contributed by atoms with Gasteiger partial charge in [-0.1, -0.05) is 28.9 Å². The summed E-state index contributed by atoms with van der Waals surface area (Å²) < 4.78 is 14.7. The molecule has 0 bridgehead atoms. The van der Waals surface area contributed by atoms with Crippen molar-refractivity contribution in [3.63, 3.8) is 0 Å². The molecule has 0 aliphatic carbocycles. The lowest BCUT2D eigenvalue weighted by Gasteiger charge is -2.11. The lowest BCUT2D eigenvalue weighted by Crippen LogP contribution is -2.15. The van der Waals surface area contributed by atoms with Gasteiger partial charge in [-0.2, -0.15) is 0 Å². The van der Waals surface area contributed by atoms with Crippen molar-refractivity contribution in [2.45, 2.75) is 20.3 Å². The molecule has 0 spiro atoms. The second-order valence-electron chi connectivity index (χ2n) is 4.59. The quantitative estimate of drug-likeness (QED) is 0.864. The molecule has 4 heteroatoms. The molecular formula is C16H15BrFNO. The molecule has 0 aromatic heterocycles. The summed E-state index contributed by atoms with van der Waals surface area (Å²) in [6.07, 6.45) is 0.783. The van der Waals surface area contributed by atoms with Crippen molar-refractivity contribution >= 4 is 27.5 Å². The van der Waals surface area contributed by atoms with E-state index < -0.39 is 11.7 Å². The van der Waals surface area contributed by atoms with Crippen molar-refractivity contribution < 1.29 is 9.18 Å². The van der Waals surface area contributed by atoms with Crippen molar-refractivity contribution in [2.24, 2.45) is 0 Å². The molecule has 0 fully saturated rings. The number of hydrogen-bond donors (Lipinski definition) is 1. The zero-order valence-corrected chi connectivity index (χ0v) is 12.9. The number of amides is 1. The highest BCUT2D eigenvalue weighted by atomic mass is 79.9. The molecule has 0 heterocycles. The zero-order valence-electron chi connectivity index (χ0n) is 11.3. The Morgan fingerprint density at radius 1 is 1.25 bits per heavy atom. The van der Waals surface area contributed by atoms with Crippen molar-refractivity contribution in [3.8, 4) is 0 Å². The van der Waals surface area contributed by atoms with Crippen molar-refractivity contribution in [3.05, 3.63) is 63.4 Å². The summed E-state index contributed by atoms with van der Waals surface area (Å²) in [5, 5.41) is 2.77. The largest absolute Gasteiger partial charge is 0.322 e. The van der Waals surface area contributed by atoms with E-state index in [2.05, 4.69) is 21.2 Å². The maximum Gasteiger partial charge on any atom is 0.258 e. The third-order valence-electron chi connectivity index (χ3n) is 3.07. The SMILES string of the molecule is CCc1cc(Br)ccc1NC(=O)c1ccc(C)cc1F. The summed E-state index contributed by atoms with van der Waals surface area (Å²) in [4.78, 5) is 12.1. The van der Waals surface area contributed by atoms with Crippen LogP contribution in [0.25, 0.3) is 0 Å². The van der Waals surface area contributed by atoms with E-state index in [1.165, 1.54) is 12.1 Å². The smallest absolute Gasteiger partial charge is 0.258 e. The number of anilines is 1. The highest BCUT2D eigenvalue weighted by Crippen LogP contribution is 2.22. The van der Waals surface area contributed by atoms with Crippen LogP contribution in [0, 0.1) is 12.7 Å². The Morgan fingerprint density at radius 2 is 2.00 bits per heavy atom. The number of nitrogens with one attached hydrogen (secondary N) is 1. The van der Waals surface area contributed by atoms with Gasteiger partial charge in [-0.05, 0) is 54.8 Å². The van der Waals surface area contributed by atoms with E-state index >= 15 is 0 Å². The average molecular weight is 336 g/mol. The first-order chi connectivity index (χ1) is 9.51. The van der Waals surface area contributed by atoms with E-state index in [0.717, 1.165) is 22.0 Å². The number of aryl methyl sites for hydroxylation is 2. The van der Waals surface area contributed by atoms with E-state index in [0.29, 0.717) is 5.69 Å². The van der Waals surface area contributed by atoms with Crippen molar-refractivity contribution in [1.29, 1.82) is 0 Å². The van der Waals surface area contributed by atoms with Gasteiger partial charge in [0.05, 0.1) is 5.56 Å². The maximum atomic E-state index is 13.8. The highest BCUT2D eigenvalue weighted by molar-refractivity contribution is 9.10. The Labute approximate surface area is 126 Å². The lowest BCUT2D eigenvalue weighted by atomic mass is 10.1. The highest BCUT2D eigenvalue weighted by Gasteiger charge is 2.13. The zero-order chi connectivity index (χ0) is 14.7. The minimum Gasteiger partial charge on any atom is -0.322 e. The van der Waals surface area contributed by atoms with E-state index in [1.807, 2.05) is 25.1 Å². The summed E-state index contributed by atoms with van der Waals surface area (Å²) in [6.45, 7) is 3.79. The molecule has 0 aliphatic heterocycles. The van der Waals surface area contributed by atoms with Crippen LogP contribution in [0.5, 0.6) is 0 Å². The van der Waals surface area contributed by atoms with Gasteiger partial charge in [0.15, 0.2) is 0 Å².